The number of fused-ring (bicyclic) bond motifs is 1. The van der Waals surface area contributed by atoms with Crippen LogP contribution in [-0.2, 0) is 5.75 Å². The SMILES string of the molecule is CSCc1nnc2c(C(=O)O)cccn12. The van der Waals surface area contributed by atoms with Crippen molar-refractivity contribution < 1.29 is 9.90 Å². The zero-order chi connectivity index (χ0) is 10.8. The summed E-state index contributed by atoms with van der Waals surface area (Å²) in [6.45, 7) is 0. The van der Waals surface area contributed by atoms with Crippen LogP contribution in [0, 0.1) is 0 Å². The van der Waals surface area contributed by atoms with Gasteiger partial charge in [0.15, 0.2) is 5.65 Å². The molecule has 0 amide bonds. The molecule has 2 aromatic rings. The Kier molecular flexibility index (Phi) is 2.59. The van der Waals surface area contributed by atoms with Crippen LogP contribution >= 0.6 is 11.8 Å². The quantitative estimate of drug-likeness (QED) is 0.849. The normalized spacial score (nSPS) is 10.7. The largest absolute Gasteiger partial charge is 0.478 e. The Morgan fingerprint density at radius 1 is 1.60 bits per heavy atom. The molecule has 0 aliphatic rings. The zero-order valence-electron chi connectivity index (χ0n) is 8.04. The molecule has 2 rings (SSSR count). The summed E-state index contributed by atoms with van der Waals surface area (Å²) in [4.78, 5) is 10.9. The van der Waals surface area contributed by atoms with E-state index in [1.165, 1.54) is 6.07 Å². The smallest absolute Gasteiger partial charge is 0.339 e. The Morgan fingerprint density at radius 2 is 2.40 bits per heavy atom. The molecule has 6 heteroatoms. The summed E-state index contributed by atoms with van der Waals surface area (Å²) in [6.07, 6.45) is 3.73. The van der Waals surface area contributed by atoms with Crippen LogP contribution in [0.3, 0.4) is 0 Å². The Hall–Kier alpha value is -1.56. The number of carboxylic acid groups (broad SMARTS) is 1. The lowest BCUT2D eigenvalue weighted by atomic mass is 10.3. The maximum Gasteiger partial charge on any atom is 0.339 e. The van der Waals surface area contributed by atoms with Crippen molar-refractivity contribution in [3.05, 3.63) is 29.7 Å². The molecular formula is C9H9N3O2S. The number of aromatic carboxylic acids is 1. The van der Waals surface area contributed by atoms with Gasteiger partial charge in [0.05, 0.1) is 5.75 Å². The van der Waals surface area contributed by atoms with Gasteiger partial charge in [-0.1, -0.05) is 0 Å². The van der Waals surface area contributed by atoms with E-state index in [-0.39, 0.29) is 5.56 Å². The zero-order valence-corrected chi connectivity index (χ0v) is 8.86. The van der Waals surface area contributed by atoms with E-state index in [0.29, 0.717) is 11.4 Å². The molecule has 0 radical (unpaired) electrons. The van der Waals surface area contributed by atoms with Crippen LogP contribution in [0.5, 0.6) is 0 Å². The van der Waals surface area contributed by atoms with Gasteiger partial charge in [-0.25, -0.2) is 4.79 Å². The van der Waals surface area contributed by atoms with E-state index < -0.39 is 5.97 Å². The summed E-state index contributed by atoms with van der Waals surface area (Å²) in [5, 5.41) is 16.8. The highest BCUT2D eigenvalue weighted by Gasteiger charge is 2.12. The Morgan fingerprint density at radius 3 is 3.07 bits per heavy atom. The van der Waals surface area contributed by atoms with E-state index in [4.69, 9.17) is 5.11 Å². The van der Waals surface area contributed by atoms with E-state index in [9.17, 15) is 4.79 Å². The highest BCUT2D eigenvalue weighted by atomic mass is 32.2. The number of aromatic nitrogens is 3. The van der Waals surface area contributed by atoms with E-state index >= 15 is 0 Å². The van der Waals surface area contributed by atoms with Crippen molar-refractivity contribution in [1.82, 2.24) is 14.6 Å². The van der Waals surface area contributed by atoms with Gasteiger partial charge in [-0.15, -0.1) is 10.2 Å². The Bertz CT molecular complexity index is 509. The molecule has 78 valence electrons. The summed E-state index contributed by atoms with van der Waals surface area (Å²) >= 11 is 1.62. The topological polar surface area (TPSA) is 67.5 Å². The average molecular weight is 223 g/mol. The van der Waals surface area contributed by atoms with Crippen molar-refractivity contribution >= 4 is 23.4 Å². The third kappa shape index (κ3) is 1.68. The van der Waals surface area contributed by atoms with Crippen molar-refractivity contribution in [2.24, 2.45) is 0 Å². The molecule has 0 fully saturated rings. The van der Waals surface area contributed by atoms with Crippen LogP contribution in [0.4, 0.5) is 0 Å². The molecule has 2 aromatic heterocycles. The van der Waals surface area contributed by atoms with E-state index in [2.05, 4.69) is 10.2 Å². The second-order valence-corrected chi connectivity index (χ2v) is 3.84. The molecule has 0 bridgehead atoms. The summed E-state index contributed by atoms with van der Waals surface area (Å²) in [7, 11) is 0. The van der Waals surface area contributed by atoms with Crippen LogP contribution in [0.2, 0.25) is 0 Å². The first-order chi connectivity index (χ1) is 7.24. The maximum absolute atomic E-state index is 10.9. The highest BCUT2D eigenvalue weighted by Crippen LogP contribution is 2.13. The first-order valence-electron chi connectivity index (χ1n) is 4.29. The van der Waals surface area contributed by atoms with Gasteiger partial charge < -0.3 is 5.11 Å². The van der Waals surface area contributed by atoms with Gasteiger partial charge in [0.25, 0.3) is 0 Å². The predicted octanol–water partition coefficient (Wildman–Crippen LogP) is 1.29. The molecule has 0 atom stereocenters. The lowest BCUT2D eigenvalue weighted by Gasteiger charge is -1.99. The van der Waals surface area contributed by atoms with Crippen LogP contribution < -0.4 is 0 Å². The van der Waals surface area contributed by atoms with Crippen molar-refractivity contribution in [2.75, 3.05) is 6.26 Å². The Labute approximate surface area is 90.1 Å². The molecule has 0 saturated heterocycles. The lowest BCUT2D eigenvalue weighted by Crippen LogP contribution is -2.01. The standard InChI is InChI=1S/C9H9N3O2S/c1-15-5-7-10-11-8-6(9(13)14)3-2-4-12(7)8/h2-4H,5H2,1H3,(H,13,14). The Balaban J connectivity index is 2.63. The summed E-state index contributed by atoms with van der Waals surface area (Å²) < 4.78 is 1.71. The fraction of sp³-hybridized carbons (Fsp3) is 0.222. The third-order valence-electron chi connectivity index (χ3n) is 2.01. The fourth-order valence-electron chi connectivity index (χ4n) is 1.36. The molecule has 0 aliphatic carbocycles. The molecular weight excluding hydrogens is 214 g/mol. The van der Waals surface area contributed by atoms with Crippen molar-refractivity contribution in [1.29, 1.82) is 0 Å². The number of thioether (sulfide) groups is 1. The monoisotopic (exact) mass is 223 g/mol. The number of nitrogens with zero attached hydrogens (tertiary/aromatic N) is 3. The molecule has 2 heterocycles. The molecule has 0 aliphatic heterocycles. The number of pyridine rings is 1. The minimum atomic E-state index is -0.983. The number of hydrogen-bond donors (Lipinski definition) is 1. The second kappa shape index (κ2) is 3.90. The molecule has 1 N–H and O–H groups in total. The summed E-state index contributed by atoms with van der Waals surface area (Å²) in [5.41, 5.74) is 0.575. The van der Waals surface area contributed by atoms with E-state index in [1.807, 2.05) is 6.26 Å². The molecule has 5 nitrogen and oxygen atoms in total. The first-order valence-corrected chi connectivity index (χ1v) is 5.68. The van der Waals surface area contributed by atoms with Crippen LogP contribution in [0.1, 0.15) is 16.2 Å². The van der Waals surface area contributed by atoms with E-state index in [0.717, 1.165) is 5.82 Å². The lowest BCUT2D eigenvalue weighted by molar-refractivity contribution is 0.0698. The number of carboxylic acids is 1. The van der Waals surface area contributed by atoms with Gasteiger partial charge >= 0.3 is 5.97 Å². The van der Waals surface area contributed by atoms with Gasteiger partial charge in [-0.3, -0.25) is 4.40 Å². The van der Waals surface area contributed by atoms with Crippen LogP contribution in [0.25, 0.3) is 5.65 Å². The maximum atomic E-state index is 10.9. The van der Waals surface area contributed by atoms with Gasteiger partial charge in [-0.05, 0) is 18.4 Å². The van der Waals surface area contributed by atoms with Crippen molar-refractivity contribution in [3.8, 4) is 0 Å². The van der Waals surface area contributed by atoms with E-state index in [1.54, 1.807) is 28.4 Å². The molecule has 0 saturated carbocycles. The number of carbonyl (C=O) groups is 1. The molecule has 0 spiro atoms. The fourth-order valence-corrected chi connectivity index (χ4v) is 1.81. The van der Waals surface area contributed by atoms with Crippen LogP contribution in [-0.4, -0.2) is 31.9 Å². The van der Waals surface area contributed by atoms with Crippen molar-refractivity contribution in [3.63, 3.8) is 0 Å². The van der Waals surface area contributed by atoms with Gasteiger partial charge in [0, 0.05) is 6.20 Å². The van der Waals surface area contributed by atoms with Crippen molar-refractivity contribution in [2.45, 2.75) is 5.75 Å². The predicted molar refractivity (Wildman–Crippen MR) is 57.2 cm³/mol. The molecule has 0 aromatic carbocycles. The molecule has 15 heavy (non-hydrogen) atoms. The molecule has 0 unspecified atom stereocenters. The third-order valence-corrected chi connectivity index (χ3v) is 2.56. The number of hydrogen-bond acceptors (Lipinski definition) is 4. The number of rotatable bonds is 3. The summed E-state index contributed by atoms with van der Waals surface area (Å²) in [6, 6.07) is 3.21. The van der Waals surface area contributed by atoms with Gasteiger partial charge in [0.1, 0.15) is 11.4 Å². The van der Waals surface area contributed by atoms with Gasteiger partial charge in [-0.2, -0.15) is 11.8 Å². The van der Waals surface area contributed by atoms with Crippen LogP contribution in [0.15, 0.2) is 18.3 Å². The van der Waals surface area contributed by atoms with Gasteiger partial charge in [0.2, 0.25) is 0 Å². The average Bonchev–Trinajstić information content (AvgIpc) is 2.62. The second-order valence-electron chi connectivity index (χ2n) is 2.97. The summed E-state index contributed by atoms with van der Waals surface area (Å²) in [5.74, 6) is 0.494. The minimum absolute atomic E-state index is 0.178. The minimum Gasteiger partial charge on any atom is -0.478 e. The first kappa shape index (κ1) is 9.97. The highest BCUT2D eigenvalue weighted by molar-refractivity contribution is 7.97.